The van der Waals surface area contributed by atoms with Crippen LogP contribution >= 0.6 is 11.3 Å². The number of hydrogen-bond donors (Lipinski definition) is 1. The summed E-state index contributed by atoms with van der Waals surface area (Å²) in [6.07, 6.45) is -2.84. The molecule has 0 radical (unpaired) electrons. The van der Waals surface area contributed by atoms with E-state index in [0.717, 1.165) is 20.6 Å². The van der Waals surface area contributed by atoms with Gasteiger partial charge in [-0.25, -0.2) is 14.3 Å². The SMILES string of the molecule is Cc1c(Cn2nc[nH]c2=O)sc2c1c(=O)n([C@H]1C[C@@H]1C)c(=O)n2CC(F)(F)F. The van der Waals surface area contributed by atoms with Crippen molar-refractivity contribution in [3.63, 3.8) is 0 Å². The molecule has 0 spiro atoms. The highest BCUT2D eigenvalue weighted by atomic mass is 32.1. The van der Waals surface area contributed by atoms with Crippen LogP contribution in [0, 0.1) is 12.8 Å². The summed E-state index contributed by atoms with van der Waals surface area (Å²) in [4.78, 5) is 40.3. The first-order valence-electron chi connectivity index (χ1n) is 8.53. The van der Waals surface area contributed by atoms with E-state index in [2.05, 4.69) is 10.1 Å². The predicted octanol–water partition coefficient (Wildman–Crippen LogP) is 1.61. The van der Waals surface area contributed by atoms with Crippen LogP contribution in [0.25, 0.3) is 10.2 Å². The molecule has 3 aromatic rings. The molecule has 4 rings (SSSR count). The number of H-pyrrole nitrogens is 1. The molecule has 1 aliphatic carbocycles. The van der Waals surface area contributed by atoms with Crippen LogP contribution in [0.1, 0.15) is 29.8 Å². The number of rotatable bonds is 4. The van der Waals surface area contributed by atoms with Crippen molar-refractivity contribution in [1.82, 2.24) is 23.9 Å². The van der Waals surface area contributed by atoms with Crippen LogP contribution in [0.3, 0.4) is 0 Å². The maximum absolute atomic E-state index is 13.1. The van der Waals surface area contributed by atoms with E-state index in [-0.39, 0.29) is 28.7 Å². The second-order valence-corrected chi connectivity index (χ2v) is 8.11. The molecule has 3 aromatic heterocycles. The van der Waals surface area contributed by atoms with Gasteiger partial charge in [-0.1, -0.05) is 6.92 Å². The lowest BCUT2D eigenvalue weighted by atomic mass is 10.2. The quantitative estimate of drug-likeness (QED) is 0.701. The number of nitrogens with zero attached hydrogens (tertiary/aromatic N) is 4. The fourth-order valence-electron chi connectivity index (χ4n) is 3.36. The average molecular weight is 415 g/mol. The van der Waals surface area contributed by atoms with Gasteiger partial charge >= 0.3 is 17.6 Å². The highest BCUT2D eigenvalue weighted by molar-refractivity contribution is 7.18. The minimum Gasteiger partial charge on any atom is -0.295 e. The molecule has 1 aliphatic rings. The molecule has 0 unspecified atom stereocenters. The van der Waals surface area contributed by atoms with E-state index in [0.29, 0.717) is 21.4 Å². The monoisotopic (exact) mass is 415 g/mol. The second kappa shape index (κ2) is 6.19. The molecular weight excluding hydrogens is 399 g/mol. The Morgan fingerprint density at radius 1 is 1.32 bits per heavy atom. The third kappa shape index (κ3) is 3.01. The van der Waals surface area contributed by atoms with Gasteiger partial charge in [0.1, 0.15) is 17.7 Å². The summed E-state index contributed by atoms with van der Waals surface area (Å²) in [7, 11) is 0. The van der Waals surface area contributed by atoms with E-state index >= 15 is 0 Å². The summed E-state index contributed by atoms with van der Waals surface area (Å²) in [6.45, 7) is 1.96. The fourth-order valence-corrected chi connectivity index (χ4v) is 4.63. The van der Waals surface area contributed by atoms with Gasteiger partial charge in [-0.05, 0) is 24.8 Å². The molecule has 1 N–H and O–H groups in total. The third-order valence-corrected chi connectivity index (χ3v) is 6.29. The zero-order valence-corrected chi connectivity index (χ0v) is 15.7. The molecule has 0 aromatic carbocycles. The standard InChI is InChI=1S/C16H16F3N5O3S/c1-7-3-9(7)24-12(25)11-8(2)10(4-23-14(26)20-6-21-23)28-13(11)22(15(24)27)5-16(17,18)19/h6-7,9H,3-5H2,1-2H3,(H,20,21,26)/t7-,9-/m0/s1. The summed E-state index contributed by atoms with van der Waals surface area (Å²) in [5.41, 5.74) is -1.55. The number of halogens is 3. The topological polar surface area (TPSA) is 94.7 Å². The highest BCUT2D eigenvalue weighted by Crippen LogP contribution is 2.41. The van der Waals surface area contributed by atoms with Gasteiger partial charge in [0.05, 0.1) is 11.9 Å². The van der Waals surface area contributed by atoms with Gasteiger partial charge in [0.25, 0.3) is 5.56 Å². The van der Waals surface area contributed by atoms with Crippen LogP contribution in [0.15, 0.2) is 20.7 Å². The molecule has 8 nitrogen and oxygen atoms in total. The van der Waals surface area contributed by atoms with Crippen molar-refractivity contribution in [2.75, 3.05) is 0 Å². The zero-order valence-electron chi connectivity index (χ0n) is 14.9. The number of alkyl halides is 3. The minimum absolute atomic E-state index is 0.00695. The Morgan fingerprint density at radius 2 is 2.00 bits per heavy atom. The van der Waals surface area contributed by atoms with Crippen LogP contribution < -0.4 is 16.9 Å². The van der Waals surface area contributed by atoms with Crippen LogP contribution in [-0.2, 0) is 13.1 Å². The summed E-state index contributed by atoms with van der Waals surface area (Å²) >= 11 is 0.904. The van der Waals surface area contributed by atoms with Gasteiger partial charge in [0, 0.05) is 10.9 Å². The third-order valence-electron chi connectivity index (χ3n) is 4.99. The molecule has 0 bridgehead atoms. The Balaban J connectivity index is 1.98. The molecule has 1 saturated carbocycles. The number of aromatic amines is 1. The molecule has 1 fully saturated rings. The Hall–Kier alpha value is -2.63. The average Bonchev–Trinajstić information content (AvgIpc) is 3.00. The van der Waals surface area contributed by atoms with Gasteiger partial charge in [-0.15, -0.1) is 11.3 Å². The second-order valence-electron chi connectivity index (χ2n) is 7.02. The van der Waals surface area contributed by atoms with Crippen molar-refractivity contribution in [2.24, 2.45) is 5.92 Å². The van der Waals surface area contributed by atoms with E-state index < -0.39 is 29.7 Å². The van der Waals surface area contributed by atoms with Gasteiger partial charge in [0.2, 0.25) is 0 Å². The van der Waals surface area contributed by atoms with Gasteiger partial charge < -0.3 is 0 Å². The zero-order chi connectivity index (χ0) is 20.4. The summed E-state index contributed by atoms with van der Waals surface area (Å²) in [5.74, 6) is 0.0585. The van der Waals surface area contributed by atoms with E-state index in [1.54, 1.807) is 6.92 Å². The number of nitrogens with one attached hydrogen (secondary N) is 1. The van der Waals surface area contributed by atoms with E-state index in [1.807, 2.05) is 6.92 Å². The lowest BCUT2D eigenvalue weighted by molar-refractivity contribution is -0.140. The van der Waals surface area contributed by atoms with Crippen molar-refractivity contribution in [3.8, 4) is 0 Å². The molecular formula is C16H16F3N5O3S. The lowest BCUT2D eigenvalue weighted by Crippen LogP contribution is -2.41. The van der Waals surface area contributed by atoms with E-state index in [1.165, 1.54) is 6.33 Å². The summed E-state index contributed by atoms with van der Waals surface area (Å²) < 4.78 is 42.1. The van der Waals surface area contributed by atoms with Gasteiger partial charge in [-0.2, -0.15) is 18.3 Å². The molecule has 2 atom stereocenters. The van der Waals surface area contributed by atoms with Crippen LogP contribution in [-0.4, -0.2) is 30.1 Å². The summed E-state index contributed by atoms with van der Waals surface area (Å²) in [5, 5.41) is 3.92. The fraction of sp³-hybridized carbons (Fsp3) is 0.500. The number of aromatic nitrogens is 5. The number of hydrogen-bond acceptors (Lipinski definition) is 5. The largest absolute Gasteiger partial charge is 0.406 e. The predicted molar refractivity (Wildman–Crippen MR) is 95.9 cm³/mol. The highest BCUT2D eigenvalue weighted by Gasteiger charge is 2.39. The Labute approximate surface area is 158 Å². The first kappa shape index (κ1) is 18.7. The lowest BCUT2D eigenvalue weighted by Gasteiger charge is -2.13. The summed E-state index contributed by atoms with van der Waals surface area (Å²) in [6, 6.07) is -0.388. The van der Waals surface area contributed by atoms with Crippen molar-refractivity contribution in [1.29, 1.82) is 0 Å². The number of aryl methyl sites for hydroxylation is 1. The molecule has 0 amide bonds. The van der Waals surface area contributed by atoms with Crippen molar-refractivity contribution < 1.29 is 13.2 Å². The first-order valence-corrected chi connectivity index (χ1v) is 9.34. The molecule has 28 heavy (non-hydrogen) atoms. The van der Waals surface area contributed by atoms with Crippen molar-refractivity contribution >= 4 is 21.6 Å². The molecule has 12 heteroatoms. The van der Waals surface area contributed by atoms with E-state index in [9.17, 15) is 27.6 Å². The molecule has 0 saturated heterocycles. The Kier molecular flexibility index (Phi) is 4.14. The van der Waals surface area contributed by atoms with Crippen LogP contribution in [0.5, 0.6) is 0 Å². The Bertz CT molecular complexity index is 1250. The van der Waals surface area contributed by atoms with Crippen molar-refractivity contribution in [2.45, 2.75) is 45.6 Å². The number of thiophene rings is 1. The molecule has 0 aliphatic heterocycles. The molecule has 150 valence electrons. The van der Waals surface area contributed by atoms with Gasteiger partial charge in [-0.3, -0.25) is 18.9 Å². The van der Waals surface area contributed by atoms with E-state index in [4.69, 9.17) is 0 Å². The smallest absolute Gasteiger partial charge is 0.295 e. The van der Waals surface area contributed by atoms with Crippen LogP contribution in [0.2, 0.25) is 0 Å². The Morgan fingerprint density at radius 3 is 2.54 bits per heavy atom. The maximum atomic E-state index is 13.1. The normalized spacial score (nSPS) is 19.5. The molecule has 3 heterocycles. The minimum atomic E-state index is -4.62. The first-order chi connectivity index (χ1) is 13.1. The maximum Gasteiger partial charge on any atom is 0.406 e. The number of fused-ring (bicyclic) bond motifs is 1. The van der Waals surface area contributed by atoms with Gasteiger partial charge in [0.15, 0.2) is 0 Å². The van der Waals surface area contributed by atoms with Crippen molar-refractivity contribution in [3.05, 3.63) is 48.1 Å². The van der Waals surface area contributed by atoms with Crippen LogP contribution in [0.4, 0.5) is 13.2 Å².